The van der Waals surface area contributed by atoms with E-state index in [9.17, 15) is 41.8 Å². The van der Waals surface area contributed by atoms with E-state index in [2.05, 4.69) is 35.3 Å². The number of carboxylic acid groups (broad SMARTS) is 1. The quantitative estimate of drug-likeness (QED) is 0.109. The second-order valence-corrected chi connectivity index (χ2v) is 14.5. The van der Waals surface area contributed by atoms with Gasteiger partial charge in [-0.25, -0.2) is 37.1 Å². The largest absolute Gasteiger partial charge is 0.465 e. The number of hydrogen-bond donors (Lipinski definition) is 5. The van der Waals surface area contributed by atoms with E-state index >= 15 is 0 Å². The van der Waals surface area contributed by atoms with Crippen LogP contribution in [-0.4, -0.2) is 129 Å². The number of alkyl carbamates (subject to hydrolysis) is 1. The fourth-order valence-corrected chi connectivity index (χ4v) is 7.28. The molecule has 4 aromatic rings. The molecule has 2 aliphatic heterocycles. The average Bonchev–Trinajstić information content (AvgIpc) is 4.03. The Bertz CT molecular complexity index is 2150. The smallest absolute Gasteiger partial charge is 0.407 e. The number of nitrogens with one attached hydrogen (secondary N) is 4. The second kappa shape index (κ2) is 17.1. The molecule has 0 aliphatic carbocycles. The number of rotatable bonds is 13. The fraction of sp³-hybridized carbons (Fsp3) is 0.436. The standard InChI is InChI=1S/C39H44F4N8O8/c1-20(57-3)30(48-36(54)55)34(52)50-18-38(40,41)14-28(50)32-44-16-26(46-32)24-10-6-22(7-11-24)23-8-12-25(13-9-23)27-17-45-33(47-27)29-15-39(42,43)19-51(29)35(53)31(21(2)58-4)49-37(56)59-5/h6-13,16-17,20-21,28-31,48H,14-15,18-19H2,1-5H3,(H,44,46)(H,45,47)(H,49,56)(H,54,55)/t20-,21?,28+,29+,30+,31+/m1/s1. The molecule has 59 heavy (non-hydrogen) atoms. The van der Waals surface area contributed by atoms with Crippen LogP contribution in [0.15, 0.2) is 60.9 Å². The number of carbonyl (C=O) groups is 4. The van der Waals surface area contributed by atoms with Crippen LogP contribution in [0.4, 0.5) is 27.2 Å². The highest BCUT2D eigenvalue weighted by Crippen LogP contribution is 2.42. The zero-order valence-electron chi connectivity index (χ0n) is 32.7. The van der Waals surface area contributed by atoms with Crippen molar-refractivity contribution in [1.29, 1.82) is 0 Å². The average molecular weight is 829 g/mol. The predicted molar refractivity (Wildman–Crippen MR) is 202 cm³/mol. The van der Waals surface area contributed by atoms with Crippen molar-refractivity contribution in [3.05, 3.63) is 72.6 Å². The lowest BCUT2D eigenvalue weighted by Crippen LogP contribution is -2.54. The minimum absolute atomic E-state index is 0.118. The van der Waals surface area contributed by atoms with Crippen molar-refractivity contribution < 1.29 is 56.1 Å². The highest BCUT2D eigenvalue weighted by Gasteiger charge is 2.52. The Morgan fingerprint density at radius 2 is 1.07 bits per heavy atom. The number of H-pyrrole nitrogens is 2. The summed E-state index contributed by atoms with van der Waals surface area (Å²) in [6.45, 7) is 1.19. The third-order valence-electron chi connectivity index (χ3n) is 10.6. The summed E-state index contributed by atoms with van der Waals surface area (Å²) >= 11 is 0. The maximum absolute atomic E-state index is 14.8. The highest BCUT2D eigenvalue weighted by atomic mass is 19.3. The molecule has 0 spiro atoms. The number of benzene rings is 2. The summed E-state index contributed by atoms with van der Waals surface area (Å²) in [6, 6.07) is 9.71. The van der Waals surface area contributed by atoms with Crippen LogP contribution in [0.2, 0.25) is 0 Å². The summed E-state index contributed by atoms with van der Waals surface area (Å²) in [5.41, 5.74) is 4.09. The molecule has 2 aliphatic rings. The van der Waals surface area contributed by atoms with Crippen molar-refractivity contribution in [3.8, 4) is 33.6 Å². The molecule has 2 aromatic carbocycles. The zero-order valence-corrected chi connectivity index (χ0v) is 32.7. The summed E-state index contributed by atoms with van der Waals surface area (Å²) in [4.78, 5) is 67.0. The molecule has 0 saturated carbocycles. The first kappa shape index (κ1) is 42.6. The SMILES string of the molecule is COC(=O)N[C@H](C(=O)N1CC(F)(F)C[C@H]1c1ncc(-c2ccc(-c3ccc(-c4cnc([C@@H]5CC(F)(F)CN5C(=O)[C@@H](NC(=O)O)[C@@H](C)OC)[nH]4)cc3)cc2)[nH]1)C(C)OC. The summed E-state index contributed by atoms with van der Waals surface area (Å²) in [5.74, 6) is -7.81. The molecule has 2 fully saturated rings. The van der Waals surface area contributed by atoms with Gasteiger partial charge in [0.15, 0.2) is 0 Å². The first-order valence-corrected chi connectivity index (χ1v) is 18.5. The van der Waals surface area contributed by atoms with Gasteiger partial charge in [0.1, 0.15) is 23.7 Å². The van der Waals surface area contributed by atoms with E-state index in [0.29, 0.717) is 22.5 Å². The third-order valence-corrected chi connectivity index (χ3v) is 10.6. The topological polar surface area (TPSA) is 204 Å². The number of alkyl halides is 4. The van der Waals surface area contributed by atoms with Crippen LogP contribution >= 0.6 is 0 Å². The normalized spacial score (nSPS) is 20.4. The van der Waals surface area contributed by atoms with Crippen LogP contribution in [0.3, 0.4) is 0 Å². The Labute approximate surface area is 335 Å². The van der Waals surface area contributed by atoms with Gasteiger partial charge in [0.05, 0.1) is 68.3 Å². The molecule has 4 heterocycles. The molecular weight excluding hydrogens is 784 g/mol. The molecule has 2 aromatic heterocycles. The molecule has 4 amide bonds. The zero-order chi connectivity index (χ0) is 42.8. The van der Waals surface area contributed by atoms with E-state index in [-0.39, 0.29) is 11.6 Å². The lowest BCUT2D eigenvalue weighted by atomic mass is 10.0. The second-order valence-electron chi connectivity index (χ2n) is 14.5. The van der Waals surface area contributed by atoms with Crippen molar-refractivity contribution in [2.75, 3.05) is 34.4 Å². The van der Waals surface area contributed by atoms with Gasteiger partial charge in [-0.1, -0.05) is 48.5 Å². The van der Waals surface area contributed by atoms with Gasteiger partial charge in [-0.3, -0.25) is 9.59 Å². The van der Waals surface area contributed by atoms with Gasteiger partial charge in [-0.2, -0.15) is 0 Å². The molecule has 316 valence electrons. The van der Waals surface area contributed by atoms with E-state index in [0.717, 1.165) is 28.0 Å². The maximum atomic E-state index is 14.8. The Hall–Kier alpha value is -6.02. The number of methoxy groups -OCH3 is 3. The van der Waals surface area contributed by atoms with Crippen molar-refractivity contribution in [3.63, 3.8) is 0 Å². The Morgan fingerprint density at radius 3 is 1.42 bits per heavy atom. The first-order valence-electron chi connectivity index (χ1n) is 18.5. The van der Waals surface area contributed by atoms with Crippen LogP contribution in [0.1, 0.15) is 50.4 Å². The van der Waals surface area contributed by atoms with E-state index in [1.807, 2.05) is 48.5 Å². The molecule has 0 radical (unpaired) electrons. The number of ether oxygens (including phenoxy) is 3. The molecule has 2 saturated heterocycles. The lowest BCUT2D eigenvalue weighted by molar-refractivity contribution is -0.139. The number of nitrogens with zero attached hydrogens (tertiary/aromatic N) is 4. The Kier molecular flexibility index (Phi) is 12.3. The number of hydrogen-bond acceptors (Lipinski definition) is 9. The van der Waals surface area contributed by atoms with Crippen LogP contribution in [0.5, 0.6) is 0 Å². The first-order chi connectivity index (χ1) is 27.9. The van der Waals surface area contributed by atoms with Gasteiger partial charge in [-0.05, 0) is 36.1 Å². The van der Waals surface area contributed by atoms with Gasteiger partial charge >= 0.3 is 12.2 Å². The van der Waals surface area contributed by atoms with E-state index in [1.165, 1.54) is 40.5 Å². The number of aromatic amines is 2. The van der Waals surface area contributed by atoms with Gasteiger partial charge in [0.2, 0.25) is 11.8 Å². The van der Waals surface area contributed by atoms with Crippen LogP contribution in [0, 0.1) is 0 Å². The number of likely N-dealkylation sites (tertiary alicyclic amines) is 2. The van der Waals surface area contributed by atoms with Crippen molar-refractivity contribution in [2.24, 2.45) is 0 Å². The fourth-order valence-electron chi connectivity index (χ4n) is 7.28. The minimum Gasteiger partial charge on any atom is -0.465 e. The molecule has 16 nitrogen and oxygen atoms in total. The van der Waals surface area contributed by atoms with E-state index in [1.54, 1.807) is 0 Å². The number of amides is 4. The van der Waals surface area contributed by atoms with E-state index < -0.39 is 98.2 Å². The third kappa shape index (κ3) is 9.33. The molecule has 5 N–H and O–H groups in total. The van der Waals surface area contributed by atoms with Gasteiger partial charge in [0.25, 0.3) is 11.8 Å². The summed E-state index contributed by atoms with van der Waals surface area (Å²) in [6.07, 6.45) is -2.61. The molecule has 6 atom stereocenters. The number of imidazole rings is 2. The summed E-state index contributed by atoms with van der Waals surface area (Å²) < 4.78 is 74.0. The molecular formula is C39H44F4N8O8. The van der Waals surface area contributed by atoms with Gasteiger partial charge < -0.3 is 49.7 Å². The number of halogens is 4. The van der Waals surface area contributed by atoms with Gasteiger partial charge in [-0.15, -0.1) is 0 Å². The van der Waals surface area contributed by atoms with Crippen molar-refractivity contribution in [2.45, 2.75) is 74.9 Å². The van der Waals surface area contributed by atoms with Crippen LogP contribution < -0.4 is 10.6 Å². The van der Waals surface area contributed by atoms with E-state index in [4.69, 9.17) is 9.47 Å². The Balaban J connectivity index is 1.15. The van der Waals surface area contributed by atoms with Gasteiger partial charge in [0, 0.05) is 27.1 Å². The lowest BCUT2D eigenvalue weighted by Gasteiger charge is -2.30. The monoisotopic (exact) mass is 828 g/mol. The summed E-state index contributed by atoms with van der Waals surface area (Å²) in [7, 11) is 3.73. The summed E-state index contributed by atoms with van der Waals surface area (Å²) in [5, 5.41) is 13.7. The number of carbonyl (C=O) groups excluding carboxylic acids is 3. The molecule has 0 bridgehead atoms. The molecule has 20 heteroatoms. The van der Waals surface area contributed by atoms with Crippen molar-refractivity contribution >= 4 is 24.0 Å². The van der Waals surface area contributed by atoms with Crippen LogP contribution in [0.25, 0.3) is 33.6 Å². The maximum Gasteiger partial charge on any atom is 0.407 e. The Morgan fingerprint density at radius 1 is 0.695 bits per heavy atom. The predicted octanol–water partition coefficient (Wildman–Crippen LogP) is 5.38. The molecule has 1 unspecified atom stereocenters. The van der Waals surface area contributed by atoms with Crippen molar-refractivity contribution in [1.82, 2.24) is 40.4 Å². The number of aromatic nitrogens is 4. The minimum atomic E-state index is -3.23. The van der Waals surface area contributed by atoms with Crippen LogP contribution in [-0.2, 0) is 23.8 Å². The molecule has 6 rings (SSSR count). The highest BCUT2D eigenvalue weighted by molar-refractivity contribution is 5.87.